The average Bonchev–Trinajstić information content (AvgIpc) is 2.74. The summed E-state index contributed by atoms with van der Waals surface area (Å²) in [6, 6.07) is 0. The molecule has 0 aliphatic carbocycles. The van der Waals surface area contributed by atoms with E-state index in [-0.39, 0.29) is 11.7 Å². The van der Waals surface area contributed by atoms with Gasteiger partial charge in [-0.25, -0.2) is 4.98 Å². The summed E-state index contributed by atoms with van der Waals surface area (Å²) in [5, 5.41) is 2.61. The second-order valence-electron chi connectivity index (χ2n) is 3.80. The van der Waals surface area contributed by atoms with Gasteiger partial charge in [-0.1, -0.05) is 0 Å². The molecule has 0 spiro atoms. The molecule has 0 aromatic carbocycles. The van der Waals surface area contributed by atoms with Crippen LogP contribution in [-0.4, -0.2) is 55.8 Å². The van der Waals surface area contributed by atoms with Crippen LogP contribution in [0.4, 0.5) is 5.13 Å². The van der Waals surface area contributed by atoms with Crippen LogP contribution in [0.15, 0.2) is 5.38 Å². The zero-order valence-electron chi connectivity index (χ0n) is 9.73. The van der Waals surface area contributed by atoms with Gasteiger partial charge in [0, 0.05) is 25.5 Å². The molecule has 90 valence electrons. The van der Waals surface area contributed by atoms with Crippen LogP contribution in [0.2, 0.25) is 0 Å². The zero-order chi connectivity index (χ0) is 12.1. The molecule has 0 aliphatic rings. The van der Waals surface area contributed by atoms with E-state index in [1.807, 2.05) is 26.0 Å². The first-order valence-electron chi connectivity index (χ1n) is 4.95. The van der Waals surface area contributed by atoms with E-state index in [9.17, 15) is 4.79 Å². The van der Waals surface area contributed by atoms with Crippen molar-refractivity contribution in [2.24, 2.45) is 0 Å². The number of carbonyl (C=O) groups is 1. The number of anilines is 1. The number of nitrogens with zero attached hydrogens (tertiary/aromatic N) is 3. The third-order valence-corrected chi connectivity index (χ3v) is 3.31. The molecule has 0 saturated carbocycles. The summed E-state index contributed by atoms with van der Waals surface area (Å²) < 4.78 is 0. The van der Waals surface area contributed by atoms with Crippen molar-refractivity contribution in [1.29, 1.82) is 0 Å². The van der Waals surface area contributed by atoms with Crippen molar-refractivity contribution in [3.63, 3.8) is 0 Å². The lowest BCUT2D eigenvalue weighted by molar-refractivity contribution is 0.101. The van der Waals surface area contributed by atoms with Gasteiger partial charge in [-0.05, 0) is 14.1 Å². The van der Waals surface area contributed by atoms with Gasteiger partial charge in [-0.2, -0.15) is 0 Å². The van der Waals surface area contributed by atoms with Crippen LogP contribution >= 0.6 is 22.9 Å². The van der Waals surface area contributed by atoms with Crippen molar-refractivity contribution in [2.75, 3.05) is 45.0 Å². The monoisotopic (exact) mass is 261 g/mol. The minimum atomic E-state index is -0.120. The summed E-state index contributed by atoms with van der Waals surface area (Å²) in [4.78, 5) is 19.7. The lowest BCUT2D eigenvalue weighted by Gasteiger charge is -2.18. The third-order valence-electron chi connectivity index (χ3n) is 2.11. The van der Waals surface area contributed by atoms with Gasteiger partial charge in [0.1, 0.15) is 5.69 Å². The molecule has 0 saturated heterocycles. The van der Waals surface area contributed by atoms with Crippen LogP contribution in [0, 0.1) is 0 Å². The topological polar surface area (TPSA) is 36.4 Å². The standard InChI is InChI=1S/C10H16ClN3OS/c1-13(2)4-5-14(3)10-12-8(7-16-10)9(15)6-11/h7H,4-6H2,1-3H3. The molecule has 0 N–H and O–H groups in total. The van der Waals surface area contributed by atoms with E-state index in [0.717, 1.165) is 18.2 Å². The molecular formula is C10H16ClN3OS. The lowest BCUT2D eigenvalue weighted by Crippen LogP contribution is -2.28. The van der Waals surface area contributed by atoms with E-state index >= 15 is 0 Å². The highest BCUT2D eigenvalue weighted by molar-refractivity contribution is 7.13. The highest BCUT2D eigenvalue weighted by Crippen LogP contribution is 2.19. The molecule has 1 heterocycles. The molecule has 0 atom stereocenters. The molecule has 16 heavy (non-hydrogen) atoms. The summed E-state index contributed by atoms with van der Waals surface area (Å²) in [7, 11) is 6.02. The Morgan fingerprint density at radius 1 is 1.44 bits per heavy atom. The highest BCUT2D eigenvalue weighted by Gasteiger charge is 2.11. The van der Waals surface area contributed by atoms with E-state index in [4.69, 9.17) is 11.6 Å². The van der Waals surface area contributed by atoms with Gasteiger partial charge in [-0.15, -0.1) is 22.9 Å². The van der Waals surface area contributed by atoms with Gasteiger partial charge in [0.05, 0.1) is 5.88 Å². The maximum absolute atomic E-state index is 11.3. The fourth-order valence-corrected chi connectivity index (χ4v) is 2.04. The van der Waals surface area contributed by atoms with Crippen LogP contribution in [-0.2, 0) is 0 Å². The van der Waals surface area contributed by atoms with Gasteiger partial charge in [0.25, 0.3) is 0 Å². The van der Waals surface area contributed by atoms with Crippen LogP contribution in [0.3, 0.4) is 0 Å². The number of alkyl halides is 1. The molecule has 0 aliphatic heterocycles. The van der Waals surface area contributed by atoms with Gasteiger partial charge in [0.15, 0.2) is 10.9 Å². The van der Waals surface area contributed by atoms with Gasteiger partial charge in [-0.3, -0.25) is 4.79 Å². The maximum atomic E-state index is 11.3. The molecule has 0 radical (unpaired) electrons. The largest absolute Gasteiger partial charge is 0.350 e. The van der Waals surface area contributed by atoms with Crippen molar-refractivity contribution in [1.82, 2.24) is 9.88 Å². The number of carbonyl (C=O) groups excluding carboxylic acids is 1. The number of Topliss-reactive ketones (excluding diaryl/α,β-unsaturated/α-hetero) is 1. The van der Waals surface area contributed by atoms with Crippen molar-refractivity contribution in [2.45, 2.75) is 0 Å². The second-order valence-corrected chi connectivity index (χ2v) is 4.90. The Bertz CT molecular complexity index is 354. The number of hydrogen-bond donors (Lipinski definition) is 0. The number of halogens is 1. The summed E-state index contributed by atoms with van der Waals surface area (Å²) in [5.41, 5.74) is 0.465. The average molecular weight is 262 g/mol. The van der Waals surface area contributed by atoms with Crippen LogP contribution in [0.1, 0.15) is 10.5 Å². The molecule has 1 aromatic rings. The van der Waals surface area contributed by atoms with E-state index < -0.39 is 0 Å². The van der Waals surface area contributed by atoms with Crippen LogP contribution in [0.25, 0.3) is 0 Å². The van der Waals surface area contributed by atoms with E-state index in [0.29, 0.717) is 5.69 Å². The smallest absolute Gasteiger partial charge is 0.196 e. The number of aromatic nitrogens is 1. The Balaban J connectivity index is 2.59. The predicted octanol–water partition coefficient (Wildman–Crippen LogP) is 1.56. The first-order chi connectivity index (χ1) is 7.54. The number of hydrogen-bond acceptors (Lipinski definition) is 5. The molecular weight excluding hydrogens is 246 g/mol. The summed E-state index contributed by atoms with van der Waals surface area (Å²) in [6.45, 7) is 1.84. The summed E-state index contributed by atoms with van der Waals surface area (Å²) in [6.07, 6.45) is 0. The molecule has 6 heteroatoms. The molecule has 0 amide bonds. The number of rotatable bonds is 6. The molecule has 1 rings (SSSR count). The Hall–Kier alpha value is -0.650. The van der Waals surface area contributed by atoms with Crippen molar-refractivity contribution >= 4 is 33.9 Å². The summed E-state index contributed by atoms with van der Waals surface area (Å²) in [5.74, 6) is -0.130. The van der Waals surface area contributed by atoms with Crippen molar-refractivity contribution in [3.8, 4) is 0 Å². The van der Waals surface area contributed by atoms with E-state index in [1.54, 1.807) is 5.38 Å². The fraction of sp³-hybridized carbons (Fsp3) is 0.600. The quantitative estimate of drug-likeness (QED) is 0.575. The first-order valence-corrected chi connectivity index (χ1v) is 6.36. The molecule has 1 aromatic heterocycles. The number of thiazole rings is 1. The normalized spacial score (nSPS) is 10.8. The minimum Gasteiger partial charge on any atom is -0.350 e. The molecule has 0 bridgehead atoms. The predicted molar refractivity (Wildman–Crippen MR) is 69.0 cm³/mol. The SMILES string of the molecule is CN(C)CCN(C)c1nc(C(=O)CCl)cs1. The molecule has 0 unspecified atom stereocenters. The Kier molecular flexibility index (Phi) is 5.18. The zero-order valence-corrected chi connectivity index (χ0v) is 11.3. The lowest BCUT2D eigenvalue weighted by atomic mass is 10.3. The second kappa shape index (κ2) is 6.18. The first kappa shape index (κ1) is 13.4. The number of likely N-dealkylation sites (N-methyl/N-ethyl adjacent to an activating group) is 2. The van der Waals surface area contributed by atoms with Crippen LogP contribution < -0.4 is 4.90 Å². The summed E-state index contributed by atoms with van der Waals surface area (Å²) >= 11 is 6.94. The van der Waals surface area contributed by atoms with E-state index in [1.165, 1.54) is 11.3 Å². The Morgan fingerprint density at radius 3 is 2.69 bits per heavy atom. The van der Waals surface area contributed by atoms with Gasteiger partial charge >= 0.3 is 0 Å². The third kappa shape index (κ3) is 3.73. The van der Waals surface area contributed by atoms with Gasteiger partial charge in [0.2, 0.25) is 0 Å². The van der Waals surface area contributed by atoms with Crippen molar-refractivity contribution < 1.29 is 4.79 Å². The maximum Gasteiger partial charge on any atom is 0.196 e. The molecule has 4 nitrogen and oxygen atoms in total. The molecule has 0 fully saturated rings. The fourth-order valence-electron chi connectivity index (χ4n) is 1.08. The van der Waals surface area contributed by atoms with E-state index in [2.05, 4.69) is 9.88 Å². The highest BCUT2D eigenvalue weighted by atomic mass is 35.5. The Morgan fingerprint density at radius 2 is 2.12 bits per heavy atom. The van der Waals surface area contributed by atoms with Gasteiger partial charge < -0.3 is 9.80 Å². The van der Waals surface area contributed by atoms with Crippen molar-refractivity contribution in [3.05, 3.63) is 11.1 Å². The number of ketones is 1. The minimum absolute atomic E-state index is 0.00934. The Labute approximate surface area is 105 Å². The van der Waals surface area contributed by atoms with Crippen LogP contribution in [0.5, 0.6) is 0 Å².